The van der Waals surface area contributed by atoms with Crippen LogP contribution in [0.15, 0.2) is 59.5 Å². The minimum absolute atomic E-state index is 0.0416. The van der Waals surface area contributed by atoms with Gasteiger partial charge in [0.1, 0.15) is 28.9 Å². The van der Waals surface area contributed by atoms with Crippen molar-refractivity contribution >= 4 is 46.7 Å². The van der Waals surface area contributed by atoms with Crippen molar-refractivity contribution in [1.29, 1.82) is 5.26 Å². The fourth-order valence-corrected chi connectivity index (χ4v) is 4.28. The van der Waals surface area contributed by atoms with Crippen molar-refractivity contribution in [3.63, 3.8) is 0 Å². The molecule has 3 aromatic rings. The van der Waals surface area contributed by atoms with Gasteiger partial charge in [0.15, 0.2) is 11.2 Å². The number of rotatable bonds is 6. The highest BCUT2D eigenvalue weighted by Gasteiger charge is 2.26. The van der Waals surface area contributed by atoms with Crippen LogP contribution in [0.25, 0.3) is 0 Å². The average molecular weight is 495 g/mol. The van der Waals surface area contributed by atoms with Gasteiger partial charge < -0.3 is 4.55 Å². The molecule has 0 saturated heterocycles. The molecule has 0 saturated carbocycles. The summed E-state index contributed by atoms with van der Waals surface area (Å²) in [5.41, 5.74) is 1.26. The van der Waals surface area contributed by atoms with E-state index < -0.39 is 17.3 Å². The van der Waals surface area contributed by atoms with Gasteiger partial charge in [0.25, 0.3) is 5.91 Å². The molecule has 0 bridgehead atoms. The number of nitrogens with one attached hydrogen (secondary N) is 1. The van der Waals surface area contributed by atoms with Crippen LogP contribution in [0.3, 0.4) is 0 Å². The van der Waals surface area contributed by atoms with Crippen molar-refractivity contribution in [2.45, 2.75) is 31.1 Å². The number of benzene rings is 2. The molecule has 0 aliphatic heterocycles. The Morgan fingerprint density at radius 2 is 1.85 bits per heavy atom. The maximum atomic E-state index is 13.4. The minimum atomic E-state index is -1.71. The van der Waals surface area contributed by atoms with Crippen molar-refractivity contribution < 1.29 is 14.1 Å². The number of halogens is 1. The molecular formula is C25H23ClN4O3S. The summed E-state index contributed by atoms with van der Waals surface area (Å²) in [5, 5.41) is 9.19. The third-order valence-electron chi connectivity index (χ3n) is 5.16. The van der Waals surface area contributed by atoms with Gasteiger partial charge in [0, 0.05) is 12.6 Å². The first kappa shape index (κ1) is 25.2. The van der Waals surface area contributed by atoms with Crippen LogP contribution in [0.1, 0.15) is 52.7 Å². The fraction of sp³-hybridized carbons (Fsp3) is 0.200. The van der Waals surface area contributed by atoms with Gasteiger partial charge in [-0.05, 0) is 47.4 Å². The maximum absolute atomic E-state index is 13.4. The van der Waals surface area contributed by atoms with Crippen LogP contribution in [0, 0.1) is 11.3 Å². The fourth-order valence-electron chi connectivity index (χ4n) is 3.21. The molecule has 1 unspecified atom stereocenters. The van der Waals surface area contributed by atoms with Crippen LogP contribution in [-0.4, -0.2) is 28.8 Å². The lowest BCUT2D eigenvalue weighted by Crippen LogP contribution is -2.30. The Morgan fingerprint density at radius 3 is 2.44 bits per heavy atom. The summed E-state index contributed by atoms with van der Waals surface area (Å²) >= 11 is 4.48. The first-order chi connectivity index (χ1) is 16.1. The highest BCUT2D eigenvalue weighted by molar-refractivity contribution is 7.92. The number of aromatic nitrogens is 1. The topological polar surface area (TPSA) is 109 Å². The molecule has 3 rings (SSSR count). The summed E-state index contributed by atoms with van der Waals surface area (Å²) in [7, 11) is 1.47. The van der Waals surface area contributed by atoms with E-state index in [0.717, 1.165) is 5.56 Å². The Labute approximate surface area is 206 Å². The van der Waals surface area contributed by atoms with Gasteiger partial charge >= 0.3 is 0 Å². The lowest BCUT2D eigenvalue weighted by atomic mass is 9.87. The summed E-state index contributed by atoms with van der Waals surface area (Å²) in [5.74, 6) is -0.388. The Morgan fingerprint density at radius 1 is 1.18 bits per heavy atom. The Kier molecular flexibility index (Phi) is 7.62. The van der Waals surface area contributed by atoms with Crippen molar-refractivity contribution in [3.05, 3.63) is 82.0 Å². The van der Waals surface area contributed by atoms with Gasteiger partial charge in [-0.2, -0.15) is 5.26 Å². The monoisotopic (exact) mass is 494 g/mol. The van der Waals surface area contributed by atoms with E-state index in [0.29, 0.717) is 11.2 Å². The van der Waals surface area contributed by atoms with Gasteiger partial charge in [-0.25, -0.2) is 9.71 Å². The average Bonchev–Trinajstić information content (AvgIpc) is 2.83. The highest BCUT2D eigenvalue weighted by atomic mass is 35.5. The number of nitriles is 1. The molecule has 34 heavy (non-hydrogen) atoms. The van der Waals surface area contributed by atoms with Crippen molar-refractivity contribution in [2.75, 3.05) is 16.7 Å². The van der Waals surface area contributed by atoms with Gasteiger partial charge in [-0.3, -0.25) is 14.5 Å². The molecule has 1 heterocycles. The van der Waals surface area contributed by atoms with E-state index in [1.54, 1.807) is 24.3 Å². The van der Waals surface area contributed by atoms with Crippen LogP contribution in [-0.2, 0) is 16.8 Å². The molecule has 2 aromatic carbocycles. The lowest BCUT2D eigenvalue weighted by molar-refractivity contribution is 0.0986. The smallest absolute Gasteiger partial charge is 0.262 e. The first-order valence-electron chi connectivity index (χ1n) is 10.3. The molecule has 0 fully saturated rings. The summed E-state index contributed by atoms with van der Waals surface area (Å²) in [6.07, 6.45) is 0.481. The summed E-state index contributed by atoms with van der Waals surface area (Å²) in [6, 6.07) is 16.9. The number of carbonyl (C=O) groups is 2. The SMILES string of the molecule is CN(C(=O)c1c(N[S+]([O-])c2ccc(C(C)(C)C)cc2)ccc(Cl)c1C=O)c1cccc(C#N)n1. The third-order valence-corrected chi connectivity index (χ3v) is 6.59. The molecule has 0 aliphatic rings. The van der Waals surface area contributed by atoms with Gasteiger partial charge in [0.05, 0.1) is 16.3 Å². The second-order valence-corrected chi connectivity index (χ2v) is 10.1. The number of amides is 1. The van der Waals surface area contributed by atoms with Crippen LogP contribution in [0.2, 0.25) is 5.02 Å². The molecule has 0 aliphatic carbocycles. The van der Waals surface area contributed by atoms with Crippen LogP contribution in [0.4, 0.5) is 11.5 Å². The van der Waals surface area contributed by atoms with Crippen LogP contribution < -0.4 is 9.62 Å². The number of aldehydes is 1. The largest absolute Gasteiger partial charge is 0.588 e. The zero-order valence-electron chi connectivity index (χ0n) is 19.1. The molecule has 1 aromatic heterocycles. The van der Waals surface area contributed by atoms with Crippen molar-refractivity contribution in [1.82, 2.24) is 4.98 Å². The highest BCUT2D eigenvalue weighted by Crippen LogP contribution is 2.30. The quantitative estimate of drug-likeness (QED) is 0.376. The Hall–Kier alpha value is -3.38. The van der Waals surface area contributed by atoms with E-state index in [1.807, 2.05) is 18.2 Å². The van der Waals surface area contributed by atoms with E-state index in [2.05, 4.69) is 30.5 Å². The molecule has 1 N–H and O–H groups in total. The maximum Gasteiger partial charge on any atom is 0.262 e. The van der Waals surface area contributed by atoms with Gasteiger partial charge in [-0.15, -0.1) is 0 Å². The molecule has 1 amide bonds. The first-order valence-corrected chi connectivity index (χ1v) is 11.8. The number of hydrogen-bond acceptors (Lipinski definition) is 6. The lowest BCUT2D eigenvalue weighted by Gasteiger charge is -2.21. The number of carbonyl (C=O) groups excluding carboxylic acids is 2. The molecule has 1 atom stereocenters. The number of anilines is 2. The van der Waals surface area contributed by atoms with E-state index in [4.69, 9.17) is 16.9 Å². The summed E-state index contributed by atoms with van der Waals surface area (Å²) < 4.78 is 15.9. The van der Waals surface area contributed by atoms with Crippen molar-refractivity contribution in [3.8, 4) is 6.07 Å². The van der Waals surface area contributed by atoms with Gasteiger partial charge in [0.2, 0.25) is 0 Å². The zero-order valence-corrected chi connectivity index (χ0v) is 20.7. The normalized spacial score (nSPS) is 11.9. The Bertz CT molecular complexity index is 1270. The molecule has 174 valence electrons. The summed E-state index contributed by atoms with van der Waals surface area (Å²) in [6.45, 7) is 6.25. The molecule has 9 heteroatoms. The van der Waals surface area contributed by atoms with E-state index >= 15 is 0 Å². The zero-order chi connectivity index (χ0) is 25.0. The van der Waals surface area contributed by atoms with E-state index in [9.17, 15) is 14.1 Å². The predicted octanol–water partition coefficient (Wildman–Crippen LogP) is 5.13. The second kappa shape index (κ2) is 10.3. The molecular weight excluding hydrogens is 472 g/mol. The number of pyridine rings is 1. The molecule has 0 radical (unpaired) electrons. The second-order valence-electron chi connectivity index (χ2n) is 8.50. The van der Waals surface area contributed by atoms with Crippen LogP contribution >= 0.6 is 11.6 Å². The van der Waals surface area contributed by atoms with Crippen molar-refractivity contribution in [2.24, 2.45) is 0 Å². The van der Waals surface area contributed by atoms with E-state index in [1.165, 1.54) is 30.1 Å². The molecule has 0 spiro atoms. The van der Waals surface area contributed by atoms with Crippen LogP contribution in [0.5, 0.6) is 0 Å². The third kappa shape index (κ3) is 5.39. The number of nitrogens with zero attached hydrogens (tertiary/aromatic N) is 3. The minimum Gasteiger partial charge on any atom is -0.588 e. The Balaban J connectivity index is 1.98. The predicted molar refractivity (Wildman–Crippen MR) is 134 cm³/mol. The molecule has 7 nitrogen and oxygen atoms in total. The van der Waals surface area contributed by atoms with Gasteiger partial charge in [-0.1, -0.05) is 50.6 Å². The summed E-state index contributed by atoms with van der Waals surface area (Å²) in [4.78, 5) is 31.1. The standard InChI is InChI=1S/C25H23ClN4O3S/c1-25(2,3)16-8-10-18(11-9-16)34(33)29-21-13-12-20(26)19(15-31)23(21)24(32)30(4)22-7-5-6-17(14-27)28-22/h5-13,15,29H,1-4H3. The van der Waals surface area contributed by atoms with E-state index in [-0.39, 0.29) is 38.8 Å². The number of hydrogen-bond donors (Lipinski definition) is 1.